The topological polar surface area (TPSA) is 54.5 Å². The molecule has 1 N–H and O–H groups in total. The summed E-state index contributed by atoms with van der Waals surface area (Å²) >= 11 is 12.2. The zero-order valence-electron chi connectivity index (χ0n) is 14.4. The minimum atomic E-state index is -0.0224. The first-order valence-electron chi connectivity index (χ1n) is 8.60. The number of nitrogens with zero attached hydrogens (tertiary/aromatic N) is 2. The van der Waals surface area contributed by atoms with E-state index in [4.69, 9.17) is 27.9 Å². The molecule has 1 aliphatic rings. The summed E-state index contributed by atoms with van der Waals surface area (Å²) in [5.41, 5.74) is 1.91. The van der Waals surface area contributed by atoms with Crippen molar-refractivity contribution >= 4 is 34.9 Å². The van der Waals surface area contributed by atoms with Gasteiger partial charge in [0.2, 0.25) is 5.91 Å². The van der Waals surface area contributed by atoms with Gasteiger partial charge >= 0.3 is 0 Å². The molecule has 1 saturated heterocycles. The van der Waals surface area contributed by atoms with E-state index in [1.54, 1.807) is 12.3 Å². The molecule has 7 heteroatoms. The molecular formula is C19H21Cl2N3O2. The first-order chi connectivity index (χ1) is 12.6. The summed E-state index contributed by atoms with van der Waals surface area (Å²) in [6, 6.07) is 9.39. The van der Waals surface area contributed by atoms with Gasteiger partial charge in [0, 0.05) is 32.3 Å². The van der Waals surface area contributed by atoms with E-state index in [0.29, 0.717) is 42.6 Å². The van der Waals surface area contributed by atoms with Crippen molar-refractivity contribution in [3.05, 3.63) is 57.7 Å². The second kappa shape index (κ2) is 9.21. The van der Waals surface area contributed by atoms with E-state index in [2.05, 4.69) is 15.2 Å². The third-order valence-electron chi connectivity index (χ3n) is 4.29. The van der Waals surface area contributed by atoms with Crippen LogP contribution in [0.5, 0.6) is 0 Å². The highest BCUT2D eigenvalue weighted by Crippen LogP contribution is 2.26. The fourth-order valence-corrected chi connectivity index (χ4v) is 3.23. The normalized spacial score (nSPS) is 14.3. The van der Waals surface area contributed by atoms with Gasteiger partial charge in [0.05, 0.1) is 23.3 Å². The van der Waals surface area contributed by atoms with Crippen LogP contribution >= 0.6 is 23.2 Å². The molecule has 2 aromatic rings. The maximum absolute atomic E-state index is 12.1. The van der Waals surface area contributed by atoms with Gasteiger partial charge in [-0.2, -0.15) is 0 Å². The number of ether oxygens (including phenoxy) is 1. The Labute approximate surface area is 163 Å². The molecule has 138 valence electrons. The molecule has 1 aromatic heterocycles. The zero-order valence-corrected chi connectivity index (χ0v) is 15.9. The first-order valence-corrected chi connectivity index (χ1v) is 9.36. The Bertz CT molecular complexity index is 764. The molecule has 3 rings (SSSR count). The van der Waals surface area contributed by atoms with E-state index in [1.807, 2.05) is 24.3 Å². The minimum Gasteiger partial charge on any atom is -0.378 e. The second-order valence-corrected chi connectivity index (χ2v) is 6.90. The van der Waals surface area contributed by atoms with Crippen molar-refractivity contribution in [2.75, 3.05) is 31.2 Å². The number of rotatable bonds is 6. The summed E-state index contributed by atoms with van der Waals surface area (Å²) < 4.78 is 5.37. The predicted molar refractivity (Wildman–Crippen MR) is 104 cm³/mol. The number of benzene rings is 1. The lowest BCUT2D eigenvalue weighted by atomic mass is 10.1. The molecule has 5 nitrogen and oxygen atoms in total. The Morgan fingerprint density at radius 3 is 2.85 bits per heavy atom. The Kier molecular flexibility index (Phi) is 6.72. The van der Waals surface area contributed by atoms with Gasteiger partial charge in [-0.1, -0.05) is 35.3 Å². The lowest BCUT2D eigenvalue weighted by molar-refractivity contribution is -0.121. The molecule has 2 heterocycles. The van der Waals surface area contributed by atoms with Crippen molar-refractivity contribution < 1.29 is 9.53 Å². The van der Waals surface area contributed by atoms with E-state index >= 15 is 0 Å². The Hall–Kier alpha value is -1.82. The Balaban J connectivity index is 1.50. The summed E-state index contributed by atoms with van der Waals surface area (Å²) in [6.45, 7) is 3.58. The highest BCUT2D eigenvalue weighted by Gasteiger charge is 2.13. The summed E-state index contributed by atoms with van der Waals surface area (Å²) in [5, 5.41) is 3.98. The number of amides is 1. The molecule has 0 radical (unpaired) electrons. The van der Waals surface area contributed by atoms with Gasteiger partial charge in [0.1, 0.15) is 5.82 Å². The van der Waals surface area contributed by atoms with Crippen molar-refractivity contribution in [3.8, 4) is 0 Å². The van der Waals surface area contributed by atoms with Crippen molar-refractivity contribution in [1.29, 1.82) is 0 Å². The van der Waals surface area contributed by atoms with E-state index in [1.165, 1.54) is 0 Å². The van der Waals surface area contributed by atoms with E-state index in [0.717, 1.165) is 30.0 Å². The standard InChI is InChI=1S/C19H21Cl2N3O2/c20-16-3-1-2-15(19(16)21)4-5-18(25)23-13-14-6-7-22-17(12-14)24-8-10-26-11-9-24/h1-3,6-7,12H,4-5,8-11,13H2,(H,23,25). The van der Waals surface area contributed by atoms with Gasteiger partial charge in [-0.05, 0) is 35.7 Å². The number of carbonyl (C=O) groups is 1. The number of aryl methyl sites for hydroxylation is 1. The van der Waals surface area contributed by atoms with Crippen LogP contribution in [0.2, 0.25) is 10.0 Å². The molecule has 0 aliphatic carbocycles. The Morgan fingerprint density at radius 2 is 2.04 bits per heavy atom. The van der Waals surface area contributed by atoms with Crippen molar-refractivity contribution in [2.45, 2.75) is 19.4 Å². The third-order valence-corrected chi connectivity index (χ3v) is 5.15. The highest BCUT2D eigenvalue weighted by molar-refractivity contribution is 6.42. The number of aromatic nitrogens is 1. The SMILES string of the molecule is O=C(CCc1cccc(Cl)c1Cl)NCc1ccnc(N2CCOCC2)c1. The summed E-state index contributed by atoms with van der Waals surface area (Å²) in [5.74, 6) is 0.900. The van der Waals surface area contributed by atoms with Crippen LogP contribution in [0.3, 0.4) is 0 Å². The van der Waals surface area contributed by atoms with Crippen LogP contribution in [0.4, 0.5) is 5.82 Å². The van der Waals surface area contributed by atoms with Gasteiger partial charge in [0.25, 0.3) is 0 Å². The molecule has 0 unspecified atom stereocenters. The van der Waals surface area contributed by atoms with Gasteiger partial charge in [-0.25, -0.2) is 4.98 Å². The zero-order chi connectivity index (χ0) is 18.4. The molecule has 0 saturated carbocycles. The molecule has 1 fully saturated rings. The highest BCUT2D eigenvalue weighted by atomic mass is 35.5. The number of hydrogen-bond donors (Lipinski definition) is 1. The largest absolute Gasteiger partial charge is 0.378 e. The summed E-state index contributed by atoms with van der Waals surface area (Å²) in [4.78, 5) is 18.7. The number of pyridine rings is 1. The lowest BCUT2D eigenvalue weighted by Gasteiger charge is -2.28. The number of morpholine rings is 1. The van der Waals surface area contributed by atoms with Crippen LogP contribution in [0.15, 0.2) is 36.5 Å². The van der Waals surface area contributed by atoms with Crippen LogP contribution in [-0.4, -0.2) is 37.2 Å². The molecule has 1 aliphatic heterocycles. The summed E-state index contributed by atoms with van der Waals surface area (Å²) in [6.07, 6.45) is 2.69. The molecule has 1 amide bonds. The quantitative estimate of drug-likeness (QED) is 0.815. The average molecular weight is 394 g/mol. The van der Waals surface area contributed by atoms with Crippen molar-refractivity contribution in [1.82, 2.24) is 10.3 Å². The number of anilines is 1. The first kappa shape index (κ1) is 19.0. The fraction of sp³-hybridized carbons (Fsp3) is 0.368. The number of halogens is 2. The molecular weight excluding hydrogens is 373 g/mol. The van der Waals surface area contributed by atoms with E-state index in [9.17, 15) is 4.79 Å². The number of carbonyl (C=O) groups excluding carboxylic acids is 1. The molecule has 1 aromatic carbocycles. The van der Waals surface area contributed by atoms with Gasteiger partial charge in [-0.3, -0.25) is 4.79 Å². The number of hydrogen-bond acceptors (Lipinski definition) is 4. The summed E-state index contributed by atoms with van der Waals surface area (Å²) in [7, 11) is 0. The lowest BCUT2D eigenvalue weighted by Crippen LogP contribution is -2.36. The predicted octanol–water partition coefficient (Wildman–Crippen LogP) is 3.47. The van der Waals surface area contributed by atoms with Crippen molar-refractivity contribution in [3.63, 3.8) is 0 Å². The van der Waals surface area contributed by atoms with Gasteiger partial charge in [0.15, 0.2) is 0 Å². The molecule has 0 bridgehead atoms. The van der Waals surface area contributed by atoms with Gasteiger partial charge in [-0.15, -0.1) is 0 Å². The van der Waals surface area contributed by atoms with Crippen LogP contribution < -0.4 is 10.2 Å². The molecule has 0 atom stereocenters. The fourth-order valence-electron chi connectivity index (χ4n) is 2.81. The third kappa shape index (κ3) is 5.10. The van der Waals surface area contributed by atoms with Crippen LogP contribution in [0.1, 0.15) is 17.5 Å². The smallest absolute Gasteiger partial charge is 0.220 e. The second-order valence-electron chi connectivity index (χ2n) is 6.11. The molecule has 0 spiro atoms. The van der Waals surface area contributed by atoms with Crippen LogP contribution in [0, 0.1) is 0 Å². The van der Waals surface area contributed by atoms with Crippen molar-refractivity contribution in [2.24, 2.45) is 0 Å². The molecule has 26 heavy (non-hydrogen) atoms. The minimum absolute atomic E-state index is 0.0224. The maximum atomic E-state index is 12.1. The maximum Gasteiger partial charge on any atom is 0.220 e. The Morgan fingerprint density at radius 1 is 1.23 bits per heavy atom. The van der Waals surface area contributed by atoms with E-state index in [-0.39, 0.29) is 5.91 Å². The van der Waals surface area contributed by atoms with Crippen LogP contribution in [-0.2, 0) is 22.5 Å². The monoisotopic (exact) mass is 393 g/mol. The van der Waals surface area contributed by atoms with Crippen LogP contribution in [0.25, 0.3) is 0 Å². The number of nitrogens with one attached hydrogen (secondary N) is 1. The van der Waals surface area contributed by atoms with Gasteiger partial charge < -0.3 is 15.0 Å². The van der Waals surface area contributed by atoms with E-state index < -0.39 is 0 Å². The average Bonchev–Trinajstić information content (AvgIpc) is 2.68.